The summed E-state index contributed by atoms with van der Waals surface area (Å²) in [6.07, 6.45) is 4.00. The molecular weight excluding hydrogens is 342 g/mol. The molecule has 138 valence electrons. The number of nitrogens with one attached hydrogen (secondary N) is 1. The number of aromatic nitrogens is 4. The number of aryl methyl sites for hydroxylation is 1. The second-order valence-corrected chi connectivity index (χ2v) is 7.02. The minimum absolute atomic E-state index is 0.000430. The van der Waals surface area contributed by atoms with E-state index in [1.165, 1.54) is 6.07 Å². The van der Waals surface area contributed by atoms with E-state index in [9.17, 15) is 5.11 Å². The number of benzene rings is 1. The Kier molecular flexibility index (Phi) is 4.38. The summed E-state index contributed by atoms with van der Waals surface area (Å²) in [7, 11) is 3.96. The molecule has 2 N–H and O–H groups in total. The number of likely N-dealkylation sites (tertiary alicyclic amines) is 1. The second kappa shape index (κ2) is 6.85. The molecule has 1 aliphatic rings. The van der Waals surface area contributed by atoms with Gasteiger partial charge in [0.2, 0.25) is 0 Å². The van der Waals surface area contributed by atoms with Crippen molar-refractivity contribution in [3.63, 3.8) is 0 Å². The number of rotatable bonds is 3. The molecule has 1 fully saturated rings. The van der Waals surface area contributed by atoms with Crippen molar-refractivity contribution in [2.24, 2.45) is 7.05 Å². The molecule has 1 aliphatic heterocycles. The van der Waals surface area contributed by atoms with Crippen LogP contribution in [0.1, 0.15) is 18.4 Å². The van der Waals surface area contributed by atoms with Crippen molar-refractivity contribution in [2.75, 3.05) is 25.5 Å². The van der Waals surface area contributed by atoms with Crippen molar-refractivity contribution >= 4 is 16.7 Å². The second-order valence-electron chi connectivity index (χ2n) is 7.02. The molecule has 1 atom stereocenters. The predicted octanol–water partition coefficient (Wildman–Crippen LogP) is 2.11. The van der Waals surface area contributed by atoms with Crippen LogP contribution in [-0.2, 0) is 7.05 Å². The fourth-order valence-electron chi connectivity index (χ4n) is 3.66. The predicted molar refractivity (Wildman–Crippen MR) is 102 cm³/mol. The molecule has 8 nitrogen and oxygen atoms in total. The van der Waals surface area contributed by atoms with E-state index in [-0.39, 0.29) is 5.75 Å². The summed E-state index contributed by atoms with van der Waals surface area (Å²) in [4.78, 5) is 2.30. The van der Waals surface area contributed by atoms with E-state index in [1.54, 1.807) is 23.0 Å². The van der Waals surface area contributed by atoms with Gasteiger partial charge in [0.1, 0.15) is 11.4 Å². The third-order valence-corrected chi connectivity index (χ3v) is 5.02. The third kappa shape index (κ3) is 3.17. The van der Waals surface area contributed by atoms with E-state index in [2.05, 4.69) is 32.6 Å². The highest BCUT2D eigenvalue weighted by Crippen LogP contribution is 2.35. The quantitative estimate of drug-likeness (QED) is 0.734. The third-order valence-electron chi connectivity index (χ3n) is 5.02. The summed E-state index contributed by atoms with van der Waals surface area (Å²) in [5, 5.41) is 36.9. The first-order valence-corrected chi connectivity index (χ1v) is 8.93. The standard InChI is InChI=1S/C19H21N7O/c1-25-7-3-4-13(11-25)22-19-15-10-21-26(2)18(15)17(23-24-19)14-6-5-12(9-20)8-16(14)27/h5-6,8,10,13,27H,3-4,7,11H2,1-2H3,(H,22,24)/t13-/m1/s1. The van der Waals surface area contributed by atoms with Gasteiger partial charge >= 0.3 is 0 Å². The lowest BCUT2D eigenvalue weighted by Crippen LogP contribution is -2.40. The van der Waals surface area contributed by atoms with Gasteiger partial charge in [0.25, 0.3) is 0 Å². The maximum Gasteiger partial charge on any atom is 0.160 e. The number of piperidine rings is 1. The van der Waals surface area contributed by atoms with E-state index in [1.807, 2.05) is 13.1 Å². The van der Waals surface area contributed by atoms with Crippen molar-refractivity contribution in [3.8, 4) is 23.1 Å². The van der Waals surface area contributed by atoms with Crippen LogP contribution in [0.5, 0.6) is 5.75 Å². The van der Waals surface area contributed by atoms with Gasteiger partial charge in [0.15, 0.2) is 5.82 Å². The molecule has 1 aromatic carbocycles. The molecule has 0 spiro atoms. The Balaban J connectivity index is 1.76. The Morgan fingerprint density at radius 1 is 1.30 bits per heavy atom. The van der Waals surface area contributed by atoms with Crippen LogP contribution < -0.4 is 5.32 Å². The molecule has 2 aromatic heterocycles. The van der Waals surface area contributed by atoms with Crippen LogP contribution in [0.4, 0.5) is 5.82 Å². The number of nitrogens with zero attached hydrogens (tertiary/aromatic N) is 6. The van der Waals surface area contributed by atoms with Crippen molar-refractivity contribution < 1.29 is 5.11 Å². The molecule has 0 saturated carbocycles. The number of hydrogen-bond acceptors (Lipinski definition) is 7. The van der Waals surface area contributed by atoms with Gasteiger partial charge in [-0.25, -0.2) is 0 Å². The Labute approximate surface area is 157 Å². The molecular formula is C19H21N7O. The lowest BCUT2D eigenvalue weighted by molar-refractivity contribution is 0.261. The number of fused-ring (bicyclic) bond motifs is 1. The first-order chi connectivity index (χ1) is 13.1. The fraction of sp³-hybridized carbons (Fsp3) is 0.368. The maximum atomic E-state index is 10.4. The number of likely N-dealkylation sites (N-methyl/N-ethyl adjacent to an activating group) is 1. The zero-order valence-corrected chi connectivity index (χ0v) is 15.3. The number of aromatic hydroxyl groups is 1. The van der Waals surface area contributed by atoms with Crippen molar-refractivity contribution in [1.29, 1.82) is 5.26 Å². The van der Waals surface area contributed by atoms with Crippen molar-refractivity contribution in [2.45, 2.75) is 18.9 Å². The molecule has 1 saturated heterocycles. The SMILES string of the molecule is CN1CCC[C@@H](Nc2nnc(-c3ccc(C#N)cc3O)c3c2cnn3C)C1. The molecule has 0 amide bonds. The number of nitriles is 1. The number of phenols is 1. The molecule has 3 aromatic rings. The molecule has 0 unspecified atom stereocenters. The van der Waals surface area contributed by atoms with Crippen LogP contribution in [0.25, 0.3) is 22.2 Å². The minimum atomic E-state index is 0.000430. The van der Waals surface area contributed by atoms with Crippen molar-refractivity contribution in [3.05, 3.63) is 30.0 Å². The topological polar surface area (TPSA) is 103 Å². The highest BCUT2D eigenvalue weighted by atomic mass is 16.3. The van der Waals surface area contributed by atoms with Gasteiger partial charge in [0.05, 0.1) is 28.7 Å². The first-order valence-electron chi connectivity index (χ1n) is 8.93. The zero-order chi connectivity index (χ0) is 19.0. The summed E-state index contributed by atoms with van der Waals surface area (Å²) in [5.74, 6) is 0.704. The number of phenolic OH excluding ortho intramolecular Hbond substituents is 1. The van der Waals surface area contributed by atoms with E-state index in [0.717, 1.165) is 36.8 Å². The molecule has 27 heavy (non-hydrogen) atoms. The van der Waals surface area contributed by atoms with Gasteiger partial charge in [0, 0.05) is 25.2 Å². The smallest absolute Gasteiger partial charge is 0.160 e. The van der Waals surface area contributed by atoms with Gasteiger partial charge in [-0.3, -0.25) is 4.68 Å². The highest BCUT2D eigenvalue weighted by molar-refractivity contribution is 5.98. The summed E-state index contributed by atoms with van der Waals surface area (Å²) in [5.41, 5.74) is 2.25. The maximum absolute atomic E-state index is 10.4. The Bertz CT molecular complexity index is 1040. The molecule has 4 rings (SSSR count). The lowest BCUT2D eigenvalue weighted by Gasteiger charge is -2.30. The van der Waals surface area contributed by atoms with Gasteiger partial charge in [-0.2, -0.15) is 10.4 Å². The van der Waals surface area contributed by atoms with Crippen LogP contribution in [0, 0.1) is 11.3 Å². The van der Waals surface area contributed by atoms with Crippen LogP contribution in [-0.4, -0.2) is 56.2 Å². The molecule has 3 heterocycles. The minimum Gasteiger partial charge on any atom is -0.507 e. The van der Waals surface area contributed by atoms with E-state index in [4.69, 9.17) is 5.26 Å². The average molecular weight is 363 g/mol. The Morgan fingerprint density at radius 3 is 2.89 bits per heavy atom. The van der Waals surface area contributed by atoms with E-state index in [0.29, 0.717) is 28.7 Å². The molecule has 0 radical (unpaired) electrons. The van der Waals surface area contributed by atoms with Crippen LogP contribution in [0.3, 0.4) is 0 Å². The van der Waals surface area contributed by atoms with Crippen molar-refractivity contribution in [1.82, 2.24) is 24.9 Å². The van der Waals surface area contributed by atoms with Gasteiger partial charge < -0.3 is 15.3 Å². The Hall–Kier alpha value is -3.18. The summed E-state index contributed by atoms with van der Waals surface area (Å²) in [6, 6.07) is 7.11. The largest absolute Gasteiger partial charge is 0.507 e. The Morgan fingerprint density at radius 2 is 2.15 bits per heavy atom. The summed E-state index contributed by atoms with van der Waals surface area (Å²) < 4.78 is 1.73. The van der Waals surface area contributed by atoms with Crippen LogP contribution in [0.2, 0.25) is 0 Å². The zero-order valence-electron chi connectivity index (χ0n) is 15.3. The monoisotopic (exact) mass is 363 g/mol. The average Bonchev–Trinajstić information content (AvgIpc) is 3.05. The van der Waals surface area contributed by atoms with Crippen LogP contribution in [0.15, 0.2) is 24.4 Å². The molecule has 0 bridgehead atoms. The van der Waals surface area contributed by atoms with Gasteiger partial charge in [-0.05, 0) is 44.6 Å². The van der Waals surface area contributed by atoms with Gasteiger partial charge in [-0.1, -0.05) is 0 Å². The normalized spacial score (nSPS) is 17.7. The summed E-state index contributed by atoms with van der Waals surface area (Å²) >= 11 is 0. The number of anilines is 1. The molecule has 0 aliphatic carbocycles. The van der Waals surface area contributed by atoms with Crippen LogP contribution >= 0.6 is 0 Å². The summed E-state index contributed by atoms with van der Waals surface area (Å²) in [6.45, 7) is 2.07. The van der Waals surface area contributed by atoms with E-state index >= 15 is 0 Å². The fourth-order valence-corrected chi connectivity index (χ4v) is 3.66. The lowest BCUT2D eigenvalue weighted by atomic mass is 10.0. The highest BCUT2D eigenvalue weighted by Gasteiger charge is 2.21. The molecule has 8 heteroatoms. The van der Waals surface area contributed by atoms with E-state index < -0.39 is 0 Å². The van der Waals surface area contributed by atoms with Gasteiger partial charge in [-0.15, -0.1) is 10.2 Å². The first kappa shape index (κ1) is 17.2. The number of hydrogen-bond donors (Lipinski definition) is 2.